The van der Waals surface area contributed by atoms with Gasteiger partial charge in [-0.2, -0.15) is 0 Å². The highest BCUT2D eigenvalue weighted by Crippen LogP contribution is 2.26. The fourth-order valence-corrected chi connectivity index (χ4v) is 2.90. The molecule has 0 spiro atoms. The van der Waals surface area contributed by atoms with Gasteiger partial charge < -0.3 is 4.74 Å². The molecule has 6 heteroatoms. The summed E-state index contributed by atoms with van der Waals surface area (Å²) in [6.07, 6.45) is -0.582. The standard InChI is InChI=1S/C18H14ClNO4/c1-11(12-6-4-5-9-15(12)19)24-16(21)10-20-17(22)13-7-2-3-8-14(13)18(20)23/h2-9,11H,10H2,1H3/t11-/m1/s1. The van der Waals surface area contributed by atoms with Crippen LogP contribution in [0.5, 0.6) is 0 Å². The lowest BCUT2D eigenvalue weighted by Crippen LogP contribution is -2.36. The van der Waals surface area contributed by atoms with Gasteiger partial charge in [-0.05, 0) is 25.1 Å². The van der Waals surface area contributed by atoms with Crippen molar-refractivity contribution >= 4 is 29.4 Å². The number of benzene rings is 2. The fourth-order valence-electron chi connectivity index (χ4n) is 2.61. The van der Waals surface area contributed by atoms with Crippen LogP contribution in [0.3, 0.4) is 0 Å². The van der Waals surface area contributed by atoms with E-state index in [9.17, 15) is 14.4 Å². The van der Waals surface area contributed by atoms with Crippen LogP contribution in [0.25, 0.3) is 0 Å². The van der Waals surface area contributed by atoms with Crippen LogP contribution in [0.2, 0.25) is 5.02 Å². The minimum Gasteiger partial charge on any atom is -0.456 e. The van der Waals surface area contributed by atoms with Crippen LogP contribution in [0, 0.1) is 0 Å². The molecule has 0 bridgehead atoms. The Morgan fingerprint density at radius 2 is 1.58 bits per heavy atom. The number of nitrogens with zero attached hydrogens (tertiary/aromatic N) is 1. The molecular formula is C18H14ClNO4. The first kappa shape index (κ1) is 16.2. The second-order valence-electron chi connectivity index (χ2n) is 5.40. The third kappa shape index (κ3) is 2.90. The minimum absolute atomic E-state index is 0.300. The van der Waals surface area contributed by atoms with Crippen LogP contribution in [0.1, 0.15) is 39.3 Å². The van der Waals surface area contributed by atoms with Gasteiger partial charge in [0.15, 0.2) is 0 Å². The molecule has 5 nitrogen and oxygen atoms in total. The molecule has 2 amide bonds. The summed E-state index contributed by atoms with van der Waals surface area (Å²) in [6.45, 7) is 1.25. The van der Waals surface area contributed by atoms with Gasteiger partial charge in [0.2, 0.25) is 0 Å². The molecule has 0 unspecified atom stereocenters. The van der Waals surface area contributed by atoms with Crippen LogP contribution in [0.15, 0.2) is 48.5 Å². The predicted molar refractivity (Wildman–Crippen MR) is 87.8 cm³/mol. The van der Waals surface area contributed by atoms with Crippen molar-refractivity contribution in [3.63, 3.8) is 0 Å². The number of esters is 1. The van der Waals surface area contributed by atoms with Crippen molar-refractivity contribution in [2.45, 2.75) is 13.0 Å². The van der Waals surface area contributed by atoms with Crippen LogP contribution < -0.4 is 0 Å². The third-order valence-electron chi connectivity index (χ3n) is 3.82. The van der Waals surface area contributed by atoms with Gasteiger partial charge in [-0.25, -0.2) is 0 Å². The maximum atomic E-state index is 12.2. The lowest BCUT2D eigenvalue weighted by molar-refractivity contribution is -0.148. The largest absolute Gasteiger partial charge is 0.456 e. The lowest BCUT2D eigenvalue weighted by atomic mass is 10.1. The molecule has 0 saturated carbocycles. The molecule has 0 aliphatic carbocycles. The summed E-state index contributed by atoms with van der Waals surface area (Å²) in [4.78, 5) is 37.5. The van der Waals surface area contributed by atoms with E-state index in [0.29, 0.717) is 21.7 Å². The van der Waals surface area contributed by atoms with Crippen molar-refractivity contribution < 1.29 is 19.1 Å². The Bertz CT molecular complexity index is 798. The summed E-state index contributed by atoms with van der Waals surface area (Å²) in [5, 5.41) is 0.485. The molecule has 2 aromatic carbocycles. The van der Waals surface area contributed by atoms with Crippen LogP contribution in [-0.2, 0) is 9.53 Å². The molecule has 1 heterocycles. The molecule has 2 aromatic rings. The zero-order valence-corrected chi connectivity index (χ0v) is 13.6. The summed E-state index contributed by atoms with van der Waals surface area (Å²) in [5.74, 6) is -1.65. The minimum atomic E-state index is -0.670. The first-order valence-corrected chi connectivity index (χ1v) is 7.76. The SMILES string of the molecule is C[C@@H](OC(=O)CN1C(=O)c2ccccc2C1=O)c1ccccc1Cl. The van der Waals surface area contributed by atoms with Crippen molar-refractivity contribution in [2.75, 3.05) is 6.54 Å². The van der Waals surface area contributed by atoms with Crippen molar-refractivity contribution in [2.24, 2.45) is 0 Å². The van der Waals surface area contributed by atoms with Crippen molar-refractivity contribution in [1.82, 2.24) is 4.90 Å². The van der Waals surface area contributed by atoms with Crippen LogP contribution in [0.4, 0.5) is 0 Å². The summed E-state index contributed by atoms with van der Waals surface area (Å²) < 4.78 is 5.31. The zero-order valence-electron chi connectivity index (χ0n) is 12.9. The van der Waals surface area contributed by atoms with Crippen molar-refractivity contribution in [1.29, 1.82) is 0 Å². The molecular weight excluding hydrogens is 330 g/mol. The van der Waals surface area contributed by atoms with Crippen molar-refractivity contribution in [3.8, 4) is 0 Å². The normalized spacial score (nSPS) is 14.5. The summed E-state index contributed by atoms with van der Waals surface area (Å²) in [5.41, 5.74) is 1.26. The number of halogens is 1. The van der Waals surface area contributed by atoms with Gasteiger partial charge in [-0.3, -0.25) is 19.3 Å². The number of ether oxygens (including phenoxy) is 1. The van der Waals surface area contributed by atoms with E-state index in [1.165, 1.54) is 0 Å². The highest BCUT2D eigenvalue weighted by molar-refractivity contribution is 6.31. The Morgan fingerprint density at radius 1 is 1.04 bits per heavy atom. The van der Waals surface area contributed by atoms with E-state index in [-0.39, 0.29) is 0 Å². The first-order valence-electron chi connectivity index (χ1n) is 7.38. The average Bonchev–Trinajstić information content (AvgIpc) is 2.80. The van der Waals surface area contributed by atoms with E-state index in [2.05, 4.69) is 0 Å². The lowest BCUT2D eigenvalue weighted by Gasteiger charge is -2.17. The first-order chi connectivity index (χ1) is 11.5. The summed E-state index contributed by atoms with van der Waals surface area (Å²) >= 11 is 6.07. The third-order valence-corrected chi connectivity index (χ3v) is 4.16. The van der Waals surface area contributed by atoms with Gasteiger partial charge in [0.25, 0.3) is 11.8 Å². The summed E-state index contributed by atoms with van der Waals surface area (Å²) in [7, 11) is 0. The fraction of sp³-hybridized carbons (Fsp3) is 0.167. The molecule has 1 aliphatic rings. The Hall–Kier alpha value is -2.66. The van der Waals surface area contributed by atoms with E-state index in [1.807, 2.05) is 0 Å². The number of carbonyl (C=O) groups is 3. The van der Waals surface area contributed by atoms with Gasteiger partial charge in [0, 0.05) is 10.6 Å². The van der Waals surface area contributed by atoms with Gasteiger partial charge in [0.05, 0.1) is 11.1 Å². The molecule has 122 valence electrons. The topological polar surface area (TPSA) is 63.7 Å². The molecule has 0 fully saturated rings. The number of imide groups is 1. The van der Waals surface area contributed by atoms with E-state index in [1.54, 1.807) is 55.5 Å². The van der Waals surface area contributed by atoms with Gasteiger partial charge in [0.1, 0.15) is 12.6 Å². The van der Waals surface area contributed by atoms with E-state index in [4.69, 9.17) is 16.3 Å². The van der Waals surface area contributed by atoms with E-state index < -0.39 is 30.4 Å². The zero-order chi connectivity index (χ0) is 17.3. The molecule has 0 radical (unpaired) electrons. The Morgan fingerprint density at radius 3 is 2.17 bits per heavy atom. The average molecular weight is 344 g/mol. The Kier molecular flexibility index (Phi) is 4.36. The maximum absolute atomic E-state index is 12.2. The number of hydrogen-bond acceptors (Lipinski definition) is 4. The molecule has 0 aromatic heterocycles. The number of carbonyl (C=O) groups excluding carboxylic acids is 3. The quantitative estimate of drug-likeness (QED) is 0.631. The Balaban J connectivity index is 1.69. The Labute approximate surface area is 143 Å². The van der Waals surface area contributed by atoms with E-state index in [0.717, 1.165) is 4.90 Å². The number of rotatable bonds is 4. The highest BCUT2D eigenvalue weighted by atomic mass is 35.5. The predicted octanol–water partition coefficient (Wildman–Crippen LogP) is 3.24. The molecule has 1 aliphatic heterocycles. The number of hydrogen-bond donors (Lipinski definition) is 0. The van der Waals surface area contributed by atoms with Gasteiger partial charge in [-0.1, -0.05) is 41.9 Å². The highest BCUT2D eigenvalue weighted by Gasteiger charge is 2.36. The summed E-state index contributed by atoms with van der Waals surface area (Å²) in [6, 6.07) is 13.5. The monoisotopic (exact) mass is 343 g/mol. The molecule has 3 rings (SSSR count). The molecule has 0 saturated heterocycles. The second kappa shape index (κ2) is 6.45. The van der Waals surface area contributed by atoms with Gasteiger partial charge in [-0.15, -0.1) is 0 Å². The number of amides is 2. The smallest absolute Gasteiger partial charge is 0.326 e. The molecule has 24 heavy (non-hydrogen) atoms. The van der Waals surface area contributed by atoms with E-state index >= 15 is 0 Å². The van der Waals surface area contributed by atoms with Crippen LogP contribution in [-0.4, -0.2) is 29.2 Å². The molecule has 0 N–H and O–H groups in total. The van der Waals surface area contributed by atoms with Crippen LogP contribution >= 0.6 is 11.6 Å². The second-order valence-corrected chi connectivity index (χ2v) is 5.80. The van der Waals surface area contributed by atoms with Crippen molar-refractivity contribution in [3.05, 3.63) is 70.2 Å². The van der Waals surface area contributed by atoms with Gasteiger partial charge >= 0.3 is 5.97 Å². The maximum Gasteiger partial charge on any atom is 0.326 e. The number of fused-ring (bicyclic) bond motifs is 1. The molecule has 1 atom stereocenters.